The summed E-state index contributed by atoms with van der Waals surface area (Å²) in [6.07, 6.45) is 100. The minimum absolute atomic E-state index is 0.0160. The van der Waals surface area contributed by atoms with Crippen molar-refractivity contribution in [3.8, 4) is 0 Å². The average Bonchev–Trinajstić information content (AvgIpc) is 1.94. The third kappa shape index (κ3) is 78.2. The summed E-state index contributed by atoms with van der Waals surface area (Å²) in [5.74, 6) is -0.153. The zero-order chi connectivity index (χ0) is 67.6. The number of rotatable bonds is 80. The summed E-state index contributed by atoms with van der Waals surface area (Å²) in [4.78, 5) is 25.8. The van der Waals surface area contributed by atoms with Crippen LogP contribution in [-0.4, -0.2) is 68.5 Å². The third-order valence-electron chi connectivity index (χ3n) is 19.9. The van der Waals surface area contributed by atoms with Crippen LogP contribution in [0.1, 0.15) is 457 Å². The van der Waals surface area contributed by atoms with E-state index in [0.29, 0.717) is 23.9 Å². The Morgan fingerprint density at radius 3 is 0.892 bits per heavy atom. The minimum Gasteiger partial charge on any atom is -0.756 e. The van der Waals surface area contributed by atoms with Gasteiger partial charge in [-0.15, -0.1) is 0 Å². The third-order valence-corrected chi connectivity index (χ3v) is 20.9. The number of carbonyl (C=O) groups is 1. The molecule has 0 aromatic carbocycles. The number of quaternary nitrogens is 1. The quantitative estimate of drug-likeness (QED) is 0.0272. The van der Waals surface area contributed by atoms with Gasteiger partial charge in [-0.3, -0.25) is 9.36 Å². The molecule has 0 aromatic rings. The van der Waals surface area contributed by atoms with Crippen molar-refractivity contribution in [2.75, 3.05) is 40.9 Å². The molecule has 93 heavy (non-hydrogen) atoms. The molecule has 0 aromatic heterocycles. The Bertz CT molecular complexity index is 1570. The van der Waals surface area contributed by atoms with Gasteiger partial charge in [-0.05, 0) is 44.9 Å². The van der Waals surface area contributed by atoms with Gasteiger partial charge in [-0.2, -0.15) is 0 Å². The van der Waals surface area contributed by atoms with Crippen LogP contribution in [-0.2, 0) is 18.4 Å². The van der Waals surface area contributed by atoms with Gasteiger partial charge >= 0.3 is 0 Å². The average molecular weight is 1330 g/mol. The van der Waals surface area contributed by atoms with E-state index in [4.69, 9.17) is 9.05 Å². The van der Waals surface area contributed by atoms with Crippen LogP contribution in [0.2, 0.25) is 0 Å². The molecule has 2 N–H and O–H groups in total. The highest BCUT2D eigenvalue weighted by Crippen LogP contribution is 2.38. The Labute approximate surface area is 583 Å². The van der Waals surface area contributed by atoms with Gasteiger partial charge in [-0.1, -0.05) is 430 Å². The second kappa shape index (κ2) is 75.2. The molecule has 0 radical (unpaired) electrons. The summed E-state index contributed by atoms with van der Waals surface area (Å²) in [5, 5.41) is 14.2. The first-order valence-electron chi connectivity index (χ1n) is 42.2. The smallest absolute Gasteiger partial charge is 0.268 e. The van der Waals surface area contributed by atoms with Gasteiger partial charge < -0.3 is 28.8 Å². The summed E-state index contributed by atoms with van der Waals surface area (Å²) in [6, 6.07) is -0.800. The monoisotopic (exact) mass is 1330 g/mol. The van der Waals surface area contributed by atoms with Crippen LogP contribution in [0.15, 0.2) is 24.3 Å². The van der Waals surface area contributed by atoms with Crippen molar-refractivity contribution in [2.24, 2.45) is 0 Å². The number of phosphoric ester groups is 1. The fourth-order valence-corrected chi connectivity index (χ4v) is 14.2. The molecular weight excluding hydrogens is 1160 g/mol. The van der Waals surface area contributed by atoms with Crippen molar-refractivity contribution in [1.29, 1.82) is 0 Å². The molecule has 0 rings (SSSR count). The number of aliphatic hydroxyl groups excluding tert-OH is 1. The number of hydrogen-bond donors (Lipinski definition) is 2. The number of unbranched alkanes of at least 4 members (excludes halogenated alkanes) is 63. The molecule has 1 amide bonds. The molecule has 0 saturated carbocycles. The number of carbonyl (C=O) groups excluding carboxylic acids is 1. The molecule has 0 aliphatic heterocycles. The van der Waals surface area contributed by atoms with Crippen LogP contribution in [0, 0.1) is 0 Å². The maximum atomic E-state index is 13.1. The summed E-state index contributed by atoms with van der Waals surface area (Å²) in [6.45, 7) is 4.79. The van der Waals surface area contributed by atoms with E-state index in [1.807, 2.05) is 21.1 Å². The van der Waals surface area contributed by atoms with Gasteiger partial charge in [0.05, 0.1) is 39.9 Å². The maximum absolute atomic E-state index is 13.1. The summed E-state index contributed by atoms with van der Waals surface area (Å²) >= 11 is 0. The molecule has 3 atom stereocenters. The maximum Gasteiger partial charge on any atom is 0.268 e. The van der Waals surface area contributed by atoms with Crippen molar-refractivity contribution in [3.05, 3.63) is 24.3 Å². The van der Waals surface area contributed by atoms with E-state index in [0.717, 1.165) is 44.9 Å². The fourth-order valence-electron chi connectivity index (χ4n) is 13.4. The largest absolute Gasteiger partial charge is 0.756 e. The van der Waals surface area contributed by atoms with Crippen LogP contribution in [0.3, 0.4) is 0 Å². The number of allylic oxidation sites excluding steroid dienone is 4. The molecular formula is C84H167N2O6P. The normalized spacial score (nSPS) is 13.5. The van der Waals surface area contributed by atoms with Gasteiger partial charge in [0.1, 0.15) is 13.2 Å². The van der Waals surface area contributed by atoms with Crippen LogP contribution >= 0.6 is 7.82 Å². The van der Waals surface area contributed by atoms with Crippen molar-refractivity contribution in [2.45, 2.75) is 469 Å². The highest BCUT2D eigenvalue weighted by atomic mass is 31.2. The minimum atomic E-state index is -4.58. The highest BCUT2D eigenvalue weighted by Gasteiger charge is 2.24. The Balaban J connectivity index is 3.87. The second-order valence-electron chi connectivity index (χ2n) is 30.5. The Morgan fingerprint density at radius 1 is 0.376 bits per heavy atom. The van der Waals surface area contributed by atoms with Crippen LogP contribution in [0.25, 0.3) is 0 Å². The van der Waals surface area contributed by atoms with Crippen molar-refractivity contribution in [3.63, 3.8) is 0 Å². The first kappa shape index (κ1) is 92.0. The number of likely N-dealkylation sites (N-methyl/N-ethyl adjacent to an activating group) is 1. The Morgan fingerprint density at radius 2 is 0.624 bits per heavy atom. The second-order valence-corrected chi connectivity index (χ2v) is 32.0. The van der Waals surface area contributed by atoms with Gasteiger partial charge in [0.2, 0.25) is 5.91 Å². The van der Waals surface area contributed by atoms with E-state index in [1.54, 1.807) is 0 Å². The molecule has 0 spiro atoms. The summed E-state index contributed by atoms with van der Waals surface area (Å²) < 4.78 is 23.6. The Hall–Kier alpha value is -1.02. The number of phosphoric acid groups is 1. The Kier molecular flexibility index (Phi) is 74.4. The summed E-state index contributed by atoms with van der Waals surface area (Å²) in [5.41, 5.74) is 0. The SMILES string of the molecule is CCCCCCC/C=C\C/C=C\CCCCCCCCCCCCCCCCCCCCCCCCCCCCCC(=O)NC(COP(=O)([O-])OCC[N+](C)(C)C)C(O)CCCCCCCCCCCCCCCCCCCCCCCCCCCCCCCCCC. The lowest BCUT2D eigenvalue weighted by Crippen LogP contribution is -2.46. The molecule has 0 heterocycles. The molecule has 0 bridgehead atoms. The molecule has 9 heteroatoms. The van der Waals surface area contributed by atoms with Crippen LogP contribution in [0.5, 0.6) is 0 Å². The molecule has 8 nitrogen and oxygen atoms in total. The molecule has 0 aliphatic rings. The topological polar surface area (TPSA) is 108 Å². The van der Waals surface area contributed by atoms with Gasteiger partial charge in [0, 0.05) is 6.42 Å². The number of aliphatic hydroxyl groups is 1. The van der Waals surface area contributed by atoms with Crippen molar-refractivity contribution >= 4 is 13.7 Å². The lowest BCUT2D eigenvalue weighted by molar-refractivity contribution is -0.870. The number of amides is 1. The highest BCUT2D eigenvalue weighted by molar-refractivity contribution is 7.45. The first-order chi connectivity index (χ1) is 45.5. The number of nitrogens with zero attached hydrogens (tertiary/aromatic N) is 1. The van der Waals surface area contributed by atoms with Crippen molar-refractivity contribution in [1.82, 2.24) is 5.32 Å². The van der Waals surface area contributed by atoms with Crippen LogP contribution in [0.4, 0.5) is 0 Å². The van der Waals surface area contributed by atoms with E-state index < -0.39 is 20.0 Å². The van der Waals surface area contributed by atoms with E-state index in [9.17, 15) is 19.4 Å². The van der Waals surface area contributed by atoms with E-state index >= 15 is 0 Å². The first-order valence-corrected chi connectivity index (χ1v) is 43.6. The van der Waals surface area contributed by atoms with Gasteiger partial charge in [0.15, 0.2) is 0 Å². The van der Waals surface area contributed by atoms with E-state index in [1.165, 1.54) is 385 Å². The lowest BCUT2D eigenvalue weighted by atomic mass is 10.0. The van der Waals surface area contributed by atoms with Crippen molar-refractivity contribution < 1.29 is 32.9 Å². The van der Waals surface area contributed by atoms with Gasteiger partial charge in [-0.25, -0.2) is 0 Å². The molecule has 0 saturated heterocycles. The van der Waals surface area contributed by atoms with Crippen LogP contribution < -0.4 is 10.2 Å². The standard InChI is InChI=1S/C84H167N2O6P/c1-6-8-10-12-14-16-18-20-22-24-26-28-30-32-34-36-38-40-41-42-43-44-45-46-48-50-52-54-56-58-60-62-64-66-68-70-72-74-76-78-84(88)85-82(81-92-93(89,90)91-80-79-86(3,4)5)83(87)77-75-73-71-69-67-65-63-61-59-57-55-53-51-49-47-39-37-35-33-31-29-27-25-23-21-19-17-15-13-11-9-7-2/h18,20,24,26,82-83,87H,6-17,19,21-23,25,27-81H2,1-5H3,(H-,85,88,89,90)/b20-18-,26-24-. The van der Waals surface area contributed by atoms with Gasteiger partial charge in [0.25, 0.3) is 7.82 Å². The predicted molar refractivity (Wildman–Crippen MR) is 409 cm³/mol. The molecule has 554 valence electrons. The predicted octanol–water partition coefficient (Wildman–Crippen LogP) is 27.1. The zero-order valence-electron chi connectivity index (χ0n) is 63.8. The lowest BCUT2D eigenvalue weighted by Gasteiger charge is -2.30. The summed E-state index contributed by atoms with van der Waals surface area (Å²) in [7, 11) is 1.33. The molecule has 0 fully saturated rings. The van der Waals surface area contributed by atoms with E-state index in [2.05, 4.69) is 43.5 Å². The number of nitrogens with one attached hydrogen (secondary N) is 1. The fraction of sp³-hybridized carbons (Fsp3) is 0.940. The zero-order valence-corrected chi connectivity index (χ0v) is 64.7. The number of hydrogen-bond acceptors (Lipinski definition) is 6. The van der Waals surface area contributed by atoms with E-state index in [-0.39, 0.29) is 19.1 Å². The molecule has 3 unspecified atom stereocenters. The molecule has 0 aliphatic carbocycles.